The van der Waals surface area contributed by atoms with Gasteiger partial charge >= 0.3 is 0 Å². The Morgan fingerprint density at radius 3 is 2.58 bits per heavy atom. The van der Waals surface area contributed by atoms with Crippen LogP contribution in [0.2, 0.25) is 0 Å². The monoisotopic (exact) mass is 287 g/mol. The Morgan fingerprint density at radius 1 is 1.32 bits per heavy atom. The van der Waals surface area contributed by atoms with Crippen molar-refractivity contribution in [1.82, 2.24) is 4.72 Å². The van der Waals surface area contributed by atoms with Gasteiger partial charge in [0, 0.05) is 18.2 Å². The number of rotatable bonds is 6. The molecule has 1 aromatic rings. The van der Waals surface area contributed by atoms with Gasteiger partial charge < -0.3 is 10.5 Å². The largest absolute Gasteiger partial charge is 0.492 e. The molecule has 0 aliphatic heterocycles. The number of hydrogen-bond acceptors (Lipinski definition) is 4. The molecule has 4 N–H and O–H groups in total. The van der Waals surface area contributed by atoms with Gasteiger partial charge in [-0.05, 0) is 32.9 Å². The van der Waals surface area contributed by atoms with Crippen LogP contribution in [0, 0.1) is 0 Å². The first-order valence-electron chi connectivity index (χ1n) is 5.96. The van der Waals surface area contributed by atoms with E-state index in [0.717, 1.165) is 0 Å². The van der Waals surface area contributed by atoms with Crippen molar-refractivity contribution in [3.8, 4) is 5.75 Å². The average molecular weight is 287 g/mol. The van der Waals surface area contributed by atoms with Crippen LogP contribution in [0.1, 0.15) is 20.8 Å². The fraction of sp³-hybridized carbons (Fsp3) is 0.500. The van der Waals surface area contributed by atoms with Crippen LogP contribution in [0.3, 0.4) is 0 Å². The van der Waals surface area contributed by atoms with E-state index in [2.05, 4.69) is 9.44 Å². The molecule has 0 saturated carbocycles. The van der Waals surface area contributed by atoms with Crippen LogP contribution in [0.4, 0.5) is 5.69 Å². The van der Waals surface area contributed by atoms with E-state index < -0.39 is 15.7 Å². The summed E-state index contributed by atoms with van der Waals surface area (Å²) in [6, 6.07) is 6.71. The van der Waals surface area contributed by atoms with E-state index in [-0.39, 0.29) is 0 Å². The molecule has 0 aliphatic rings. The van der Waals surface area contributed by atoms with Crippen molar-refractivity contribution in [1.29, 1.82) is 0 Å². The molecule has 0 atom stereocenters. The lowest BCUT2D eigenvalue weighted by Crippen LogP contribution is -2.43. The Kier molecular flexibility index (Phi) is 5.16. The first kappa shape index (κ1) is 15.7. The van der Waals surface area contributed by atoms with Crippen LogP contribution >= 0.6 is 0 Å². The Hall–Kier alpha value is -1.31. The molecule has 1 rings (SSSR count). The molecule has 0 aliphatic carbocycles. The molecule has 19 heavy (non-hydrogen) atoms. The second-order valence-corrected chi connectivity index (χ2v) is 6.54. The number of nitrogens with one attached hydrogen (secondary N) is 2. The first-order chi connectivity index (χ1) is 8.72. The summed E-state index contributed by atoms with van der Waals surface area (Å²) >= 11 is 0. The molecule has 0 saturated heterocycles. The normalized spacial score (nSPS) is 12.2. The van der Waals surface area contributed by atoms with Crippen LogP contribution in [0.15, 0.2) is 24.3 Å². The van der Waals surface area contributed by atoms with Crippen LogP contribution in [-0.2, 0) is 10.2 Å². The van der Waals surface area contributed by atoms with Gasteiger partial charge in [0.15, 0.2) is 0 Å². The van der Waals surface area contributed by atoms with Gasteiger partial charge in [-0.1, -0.05) is 6.07 Å². The molecular formula is C12H21N3O3S. The zero-order valence-electron chi connectivity index (χ0n) is 11.4. The molecule has 0 fully saturated rings. The minimum atomic E-state index is -3.61. The molecule has 0 amide bonds. The highest BCUT2D eigenvalue weighted by atomic mass is 32.2. The molecule has 108 valence electrons. The molecule has 1 aromatic carbocycles. The van der Waals surface area contributed by atoms with Gasteiger partial charge in [-0.15, -0.1) is 0 Å². The fourth-order valence-corrected chi connectivity index (χ4v) is 2.70. The Morgan fingerprint density at radius 2 is 2.00 bits per heavy atom. The van der Waals surface area contributed by atoms with Crippen molar-refractivity contribution in [2.75, 3.05) is 17.9 Å². The third kappa shape index (κ3) is 6.42. The number of nitrogens with two attached hydrogens (primary N) is 1. The van der Waals surface area contributed by atoms with Crippen LogP contribution in [-0.4, -0.2) is 27.1 Å². The maximum absolute atomic E-state index is 11.9. The maximum atomic E-state index is 11.9. The maximum Gasteiger partial charge on any atom is 0.299 e. The van der Waals surface area contributed by atoms with Crippen molar-refractivity contribution in [2.45, 2.75) is 26.3 Å². The summed E-state index contributed by atoms with van der Waals surface area (Å²) in [5, 5.41) is 0. The minimum absolute atomic E-state index is 0.385. The summed E-state index contributed by atoms with van der Waals surface area (Å²) in [5.74, 6) is 0.571. The van der Waals surface area contributed by atoms with Crippen molar-refractivity contribution < 1.29 is 13.2 Å². The van der Waals surface area contributed by atoms with Gasteiger partial charge in [0.2, 0.25) is 0 Å². The van der Waals surface area contributed by atoms with Crippen molar-refractivity contribution in [2.24, 2.45) is 5.73 Å². The molecule has 0 radical (unpaired) electrons. The Bertz CT molecular complexity index is 509. The van der Waals surface area contributed by atoms with E-state index in [1.807, 2.05) is 0 Å². The van der Waals surface area contributed by atoms with Gasteiger partial charge in [-0.2, -0.15) is 13.1 Å². The highest BCUT2D eigenvalue weighted by Gasteiger charge is 2.19. The van der Waals surface area contributed by atoms with Crippen molar-refractivity contribution in [3.63, 3.8) is 0 Å². The zero-order chi connectivity index (χ0) is 14.5. The molecule has 0 unspecified atom stereocenters. The topological polar surface area (TPSA) is 93.5 Å². The molecule has 7 heteroatoms. The van der Waals surface area contributed by atoms with Crippen LogP contribution in [0.5, 0.6) is 5.75 Å². The number of anilines is 1. The predicted molar refractivity (Wildman–Crippen MR) is 76.4 cm³/mol. The van der Waals surface area contributed by atoms with Gasteiger partial charge in [-0.25, -0.2) is 0 Å². The van der Waals surface area contributed by atoms with Gasteiger partial charge in [0.25, 0.3) is 10.2 Å². The quantitative estimate of drug-likeness (QED) is 0.729. The van der Waals surface area contributed by atoms with E-state index in [1.54, 1.807) is 45.0 Å². The second kappa shape index (κ2) is 6.23. The first-order valence-corrected chi connectivity index (χ1v) is 7.45. The van der Waals surface area contributed by atoms with E-state index in [9.17, 15) is 8.42 Å². The SMILES string of the molecule is CC(C)(C)NS(=O)(=O)Nc1cccc(OCCN)c1. The fourth-order valence-electron chi connectivity index (χ4n) is 1.41. The number of hydrogen-bond donors (Lipinski definition) is 3. The van der Waals surface area contributed by atoms with Gasteiger partial charge in [0.1, 0.15) is 12.4 Å². The lowest BCUT2D eigenvalue weighted by molar-refractivity contribution is 0.328. The van der Waals surface area contributed by atoms with Crippen molar-refractivity contribution in [3.05, 3.63) is 24.3 Å². The molecular weight excluding hydrogens is 266 g/mol. The molecule has 0 heterocycles. The smallest absolute Gasteiger partial charge is 0.299 e. The standard InChI is InChI=1S/C12H21N3O3S/c1-12(2,3)15-19(16,17)14-10-5-4-6-11(9-10)18-8-7-13/h4-6,9,14-15H,7-8,13H2,1-3H3. The summed E-state index contributed by atoms with van der Waals surface area (Å²) in [5.41, 5.74) is 5.23. The van der Waals surface area contributed by atoms with Gasteiger partial charge in [0.05, 0.1) is 5.69 Å². The summed E-state index contributed by atoms with van der Waals surface area (Å²) in [4.78, 5) is 0. The highest BCUT2D eigenvalue weighted by Crippen LogP contribution is 2.18. The highest BCUT2D eigenvalue weighted by molar-refractivity contribution is 7.90. The molecule has 0 spiro atoms. The van der Waals surface area contributed by atoms with E-state index in [4.69, 9.17) is 10.5 Å². The predicted octanol–water partition coefficient (Wildman–Crippen LogP) is 1.07. The van der Waals surface area contributed by atoms with Crippen molar-refractivity contribution >= 4 is 15.9 Å². The summed E-state index contributed by atoms with van der Waals surface area (Å²) < 4.78 is 34.0. The summed E-state index contributed by atoms with van der Waals surface area (Å²) in [6.07, 6.45) is 0. The molecule has 0 bridgehead atoms. The molecule has 0 aromatic heterocycles. The minimum Gasteiger partial charge on any atom is -0.492 e. The Labute approximate surface area is 114 Å². The van der Waals surface area contributed by atoms with Crippen LogP contribution < -0.4 is 19.9 Å². The van der Waals surface area contributed by atoms with Gasteiger partial charge in [-0.3, -0.25) is 4.72 Å². The van der Waals surface area contributed by atoms with E-state index in [0.29, 0.717) is 24.6 Å². The zero-order valence-corrected chi connectivity index (χ0v) is 12.3. The lowest BCUT2D eigenvalue weighted by Gasteiger charge is -2.21. The third-order valence-electron chi connectivity index (χ3n) is 1.91. The van der Waals surface area contributed by atoms with Crippen LogP contribution in [0.25, 0.3) is 0 Å². The van der Waals surface area contributed by atoms with E-state index >= 15 is 0 Å². The summed E-state index contributed by atoms with van der Waals surface area (Å²) in [6.45, 7) is 6.10. The Balaban J connectivity index is 2.76. The molecule has 6 nitrogen and oxygen atoms in total. The second-order valence-electron chi connectivity index (χ2n) is 5.12. The average Bonchev–Trinajstić information content (AvgIpc) is 2.22. The number of benzene rings is 1. The van der Waals surface area contributed by atoms with E-state index in [1.165, 1.54) is 0 Å². The lowest BCUT2D eigenvalue weighted by atomic mass is 10.1. The number of ether oxygens (including phenoxy) is 1. The summed E-state index contributed by atoms with van der Waals surface area (Å²) in [7, 11) is -3.61. The third-order valence-corrected chi connectivity index (χ3v) is 3.30.